The molecular weight excluding hydrogens is 283 g/mol. The highest BCUT2D eigenvalue weighted by Gasteiger charge is 2.13. The Morgan fingerprint density at radius 3 is 2.95 bits per heavy atom. The molecule has 0 radical (unpaired) electrons. The number of carbonyl (C=O) groups is 1. The fourth-order valence-electron chi connectivity index (χ4n) is 1.59. The van der Waals surface area contributed by atoms with E-state index in [0.29, 0.717) is 0 Å². The van der Waals surface area contributed by atoms with Gasteiger partial charge in [0.1, 0.15) is 30.6 Å². The first-order chi connectivity index (χ1) is 10.1. The van der Waals surface area contributed by atoms with Crippen LogP contribution in [0.25, 0.3) is 0 Å². The minimum absolute atomic E-state index is 0.0725. The number of rotatable bonds is 6. The Morgan fingerprint density at radius 2 is 2.33 bits per heavy atom. The van der Waals surface area contributed by atoms with Crippen LogP contribution >= 0.6 is 0 Å². The highest BCUT2D eigenvalue weighted by atomic mass is 19.1. The van der Waals surface area contributed by atoms with Gasteiger partial charge < -0.3 is 14.6 Å². The van der Waals surface area contributed by atoms with E-state index in [1.54, 1.807) is 0 Å². The van der Waals surface area contributed by atoms with Gasteiger partial charge in [0.25, 0.3) is 0 Å². The molecule has 1 aromatic heterocycles. The summed E-state index contributed by atoms with van der Waals surface area (Å²) in [5.41, 5.74) is -0.181. The van der Waals surface area contributed by atoms with Gasteiger partial charge in [0, 0.05) is 6.07 Å². The van der Waals surface area contributed by atoms with Crippen LogP contribution in [-0.2, 0) is 11.3 Å². The molecule has 2 aromatic rings. The highest BCUT2D eigenvalue weighted by molar-refractivity contribution is 5.89. The minimum atomic E-state index is -0.864. The second-order valence-corrected chi connectivity index (χ2v) is 4.13. The lowest BCUT2D eigenvalue weighted by atomic mass is 10.2. The summed E-state index contributed by atoms with van der Waals surface area (Å²) in [6, 6.07) is 3.72. The maximum Gasteiger partial charge on any atom is 0.340 e. The molecule has 0 bridgehead atoms. The smallest absolute Gasteiger partial charge is 0.340 e. The first-order valence-corrected chi connectivity index (χ1v) is 5.99. The summed E-state index contributed by atoms with van der Waals surface area (Å²) in [4.78, 5) is 11.2. The molecule has 1 aromatic carbocycles. The average Bonchev–Trinajstić information content (AvgIpc) is 2.97. The van der Waals surface area contributed by atoms with Crippen LogP contribution in [0.1, 0.15) is 10.4 Å². The van der Waals surface area contributed by atoms with Crippen molar-refractivity contribution in [3.05, 3.63) is 35.9 Å². The quantitative estimate of drug-likeness (QED) is 0.751. The summed E-state index contributed by atoms with van der Waals surface area (Å²) in [5.74, 6) is -1.33. The normalized spacial score (nSPS) is 12.0. The zero-order valence-corrected chi connectivity index (χ0v) is 11.1. The van der Waals surface area contributed by atoms with Gasteiger partial charge in [-0.25, -0.2) is 13.9 Å². The van der Waals surface area contributed by atoms with Crippen LogP contribution in [0.5, 0.6) is 5.75 Å². The fraction of sp³-hybridized carbons (Fsp3) is 0.333. The van der Waals surface area contributed by atoms with Gasteiger partial charge in [-0.15, -0.1) is 5.10 Å². The lowest BCUT2D eigenvalue weighted by Gasteiger charge is -2.12. The summed E-state index contributed by atoms with van der Waals surface area (Å²) < 4.78 is 24.7. The molecule has 112 valence electrons. The van der Waals surface area contributed by atoms with Crippen molar-refractivity contribution in [3.8, 4) is 5.75 Å². The van der Waals surface area contributed by atoms with Gasteiger partial charge in [0.2, 0.25) is 0 Å². The molecule has 0 aliphatic heterocycles. The van der Waals surface area contributed by atoms with Gasteiger partial charge in [0.15, 0.2) is 0 Å². The number of methoxy groups -OCH3 is 1. The van der Waals surface area contributed by atoms with E-state index in [1.165, 1.54) is 30.3 Å². The Balaban J connectivity index is 1.91. The van der Waals surface area contributed by atoms with Gasteiger partial charge in [-0.2, -0.15) is 0 Å². The highest BCUT2D eigenvalue weighted by Crippen LogP contribution is 2.17. The van der Waals surface area contributed by atoms with E-state index < -0.39 is 17.9 Å². The van der Waals surface area contributed by atoms with Crippen molar-refractivity contribution in [3.63, 3.8) is 0 Å². The van der Waals surface area contributed by atoms with E-state index in [2.05, 4.69) is 20.3 Å². The maximum absolute atomic E-state index is 13.6. The molecule has 0 aliphatic carbocycles. The number of nitrogens with zero attached hydrogens (tertiary/aromatic N) is 4. The molecule has 0 amide bonds. The van der Waals surface area contributed by atoms with Gasteiger partial charge in [0.05, 0.1) is 19.2 Å². The van der Waals surface area contributed by atoms with Crippen molar-refractivity contribution >= 4 is 5.97 Å². The van der Waals surface area contributed by atoms with E-state index in [0.717, 1.165) is 6.07 Å². The number of tetrazole rings is 1. The Bertz CT molecular complexity index is 605. The van der Waals surface area contributed by atoms with Crippen LogP contribution in [-0.4, -0.2) is 51.1 Å². The Kier molecular flexibility index (Phi) is 4.77. The van der Waals surface area contributed by atoms with Gasteiger partial charge in [-0.3, -0.25) is 0 Å². The molecule has 0 saturated carbocycles. The summed E-state index contributed by atoms with van der Waals surface area (Å²) in [6.07, 6.45) is 0.491. The van der Waals surface area contributed by atoms with Crippen LogP contribution in [0.4, 0.5) is 4.39 Å². The molecule has 0 fully saturated rings. The lowest BCUT2D eigenvalue weighted by molar-refractivity contribution is 0.0595. The third-order valence-electron chi connectivity index (χ3n) is 2.58. The summed E-state index contributed by atoms with van der Waals surface area (Å²) >= 11 is 0. The van der Waals surface area contributed by atoms with E-state index in [4.69, 9.17) is 4.74 Å². The third kappa shape index (κ3) is 3.96. The van der Waals surface area contributed by atoms with Crippen molar-refractivity contribution in [2.45, 2.75) is 12.6 Å². The van der Waals surface area contributed by atoms with Crippen LogP contribution < -0.4 is 4.74 Å². The van der Waals surface area contributed by atoms with E-state index >= 15 is 0 Å². The molecule has 2 rings (SSSR count). The second kappa shape index (κ2) is 6.75. The number of esters is 1. The first kappa shape index (κ1) is 14.9. The molecule has 21 heavy (non-hydrogen) atoms. The molecule has 1 N–H and O–H groups in total. The zero-order valence-electron chi connectivity index (χ0n) is 11.1. The van der Waals surface area contributed by atoms with Gasteiger partial charge in [-0.05, 0) is 22.6 Å². The van der Waals surface area contributed by atoms with Crippen molar-refractivity contribution in [1.82, 2.24) is 20.2 Å². The molecule has 1 atom stereocenters. The van der Waals surface area contributed by atoms with Gasteiger partial charge >= 0.3 is 5.97 Å². The summed E-state index contributed by atoms with van der Waals surface area (Å²) in [5, 5.41) is 20.2. The van der Waals surface area contributed by atoms with Crippen LogP contribution in [0.15, 0.2) is 24.5 Å². The molecule has 0 aliphatic rings. The van der Waals surface area contributed by atoms with Gasteiger partial charge in [-0.1, -0.05) is 0 Å². The Morgan fingerprint density at radius 1 is 1.52 bits per heavy atom. The number of carbonyl (C=O) groups excluding carboxylic acids is 1. The Labute approximate surface area is 119 Å². The molecule has 1 heterocycles. The molecule has 8 nitrogen and oxygen atoms in total. The van der Waals surface area contributed by atoms with E-state index in [1.807, 2.05) is 0 Å². The third-order valence-corrected chi connectivity index (χ3v) is 2.58. The minimum Gasteiger partial charge on any atom is -0.491 e. The number of benzene rings is 1. The number of hydrogen-bond acceptors (Lipinski definition) is 7. The molecule has 0 spiro atoms. The number of aliphatic hydroxyl groups excluding tert-OH is 1. The average molecular weight is 296 g/mol. The summed E-state index contributed by atoms with van der Waals surface area (Å²) in [6.45, 7) is 0.0760. The van der Waals surface area contributed by atoms with Crippen molar-refractivity contribution in [2.24, 2.45) is 0 Å². The van der Waals surface area contributed by atoms with E-state index in [9.17, 15) is 14.3 Å². The second-order valence-electron chi connectivity index (χ2n) is 4.13. The fourth-order valence-corrected chi connectivity index (χ4v) is 1.59. The largest absolute Gasteiger partial charge is 0.491 e. The number of aliphatic hydroxyl groups is 1. The van der Waals surface area contributed by atoms with Crippen molar-refractivity contribution < 1.29 is 23.8 Å². The molecule has 0 unspecified atom stereocenters. The van der Waals surface area contributed by atoms with Crippen LogP contribution in [0, 0.1) is 5.82 Å². The molecular formula is C12H13FN4O4. The zero-order chi connectivity index (χ0) is 15.2. The van der Waals surface area contributed by atoms with Crippen LogP contribution in [0.3, 0.4) is 0 Å². The summed E-state index contributed by atoms with van der Waals surface area (Å²) in [7, 11) is 1.17. The van der Waals surface area contributed by atoms with Crippen molar-refractivity contribution in [2.75, 3.05) is 13.7 Å². The molecule has 9 heteroatoms. The number of ether oxygens (including phenoxy) is 2. The number of hydrogen-bond donors (Lipinski definition) is 1. The van der Waals surface area contributed by atoms with Crippen LogP contribution in [0.2, 0.25) is 0 Å². The standard InChI is InChI=1S/C12H13FN4O4/c1-20-12(19)10-3-2-9(4-11(10)13)21-6-8(18)5-17-7-14-15-16-17/h2-4,7-8,18H,5-6H2,1H3/t8-/m0/s1. The number of aromatic nitrogens is 4. The predicted molar refractivity (Wildman–Crippen MR) is 67.1 cm³/mol. The molecule has 0 saturated heterocycles. The predicted octanol–water partition coefficient (Wildman–Crippen LogP) is 0.0387. The lowest BCUT2D eigenvalue weighted by Crippen LogP contribution is -2.24. The number of halogens is 1. The maximum atomic E-state index is 13.6. The topological polar surface area (TPSA) is 99.4 Å². The SMILES string of the molecule is COC(=O)c1ccc(OC[C@@H](O)Cn2cnnn2)cc1F. The van der Waals surface area contributed by atoms with E-state index in [-0.39, 0.29) is 24.5 Å². The van der Waals surface area contributed by atoms with Crippen molar-refractivity contribution in [1.29, 1.82) is 0 Å². The monoisotopic (exact) mass is 296 g/mol. The first-order valence-electron chi connectivity index (χ1n) is 5.99. The Hall–Kier alpha value is -2.55.